The van der Waals surface area contributed by atoms with Crippen molar-refractivity contribution in [3.8, 4) is 34.4 Å². The summed E-state index contributed by atoms with van der Waals surface area (Å²) in [5.74, 6) is 0.855. The Morgan fingerprint density at radius 3 is 1.61 bits per heavy atom. The molecule has 0 amide bonds. The lowest BCUT2D eigenvalue weighted by Gasteiger charge is -2.08. The molecule has 6 nitrogen and oxygen atoms in total. The normalized spacial score (nSPS) is 12.5. The zero-order chi connectivity index (χ0) is 29.4. The summed E-state index contributed by atoms with van der Waals surface area (Å²) in [4.78, 5) is 0. The van der Waals surface area contributed by atoms with Crippen molar-refractivity contribution in [3.05, 3.63) is 84.9 Å². The van der Waals surface area contributed by atoms with Crippen molar-refractivity contribution < 1.29 is 20.4 Å². The maximum atomic E-state index is 10.6. The molecular formula is C34H18N2O4S4. The number of phenolic OH excluding ortho intramolecular Hbond substituents is 4. The van der Waals surface area contributed by atoms with Crippen LogP contribution < -0.4 is 0 Å². The van der Waals surface area contributed by atoms with Gasteiger partial charge in [-0.2, -0.15) is 0 Å². The molecule has 0 atom stereocenters. The molecule has 0 fully saturated rings. The van der Waals surface area contributed by atoms with Crippen molar-refractivity contribution >= 4 is 116 Å². The Bertz CT molecular complexity index is 2810. The van der Waals surface area contributed by atoms with E-state index < -0.39 is 0 Å². The molecule has 10 rings (SSSR count). The molecule has 6 aromatic heterocycles. The highest BCUT2D eigenvalue weighted by Crippen LogP contribution is 2.56. The van der Waals surface area contributed by atoms with E-state index in [2.05, 4.69) is 9.13 Å². The fourth-order valence-corrected chi connectivity index (χ4v) is 12.5. The number of hydrogen-bond acceptors (Lipinski definition) is 8. The first-order valence-electron chi connectivity index (χ1n) is 13.7. The number of nitrogens with zero attached hydrogens (tertiary/aromatic N) is 2. The van der Waals surface area contributed by atoms with Crippen LogP contribution in [0, 0.1) is 0 Å². The minimum absolute atomic E-state index is 0.179. The SMILES string of the molecule is Oc1ccc(-n2c3cc(O)ccc3c3c2c2sc4c5sc6c7ccc(O)cc7sc6c5sc4c2n3-c2ccc(O)cc2)cc1. The van der Waals surface area contributed by atoms with Gasteiger partial charge in [0.25, 0.3) is 0 Å². The second-order valence-corrected chi connectivity index (χ2v) is 15.0. The minimum Gasteiger partial charge on any atom is -0.508 e. The van der Waals surface area contributed by atoms with Gasteiger partial charge in [-0.05, 0) is 78.9 Å². The van der Waals surface area contributed by atoms with Gasteiger partial charge in [-0.25, -0.2) is 0 Å². The standard InChI is InChI=1S/C34H18N2O4S4/c37-17-5-1-15(2-6-17)35-23-13-19(39)9-11-21(23)25-26(35)29-27(36(25)16-3-7-18(38)8-4-16)30-32(43-29)34-33(44-30)31-28(42-34)22-12-10-20(40)14-24(22)41-31/h1-14,37-40H. The molecule has 44 heavy (non-hydrogen) atoms. The van der Waals surface area contributed by atoms with Crippen molar-refractivity contribution in [2.75, 3.05) is 0 Å². The van der Waals surface area contributed by atoms with E-state index >= 15 is 0 Å². The Kier molecular flexibility index (Phi) is 4.74. The number of benzene rings is 4. The molecule has 0 aliphatic carbocycles. The summed E-state index contributed by atoms with van der Waals surface area (Å²) in [6.07, 6.45) is 0. The van der Waals surface area contributed by atoms with E-state index in [-0.39, 0.29) is 23.0 Å². The molecule has 212 valence electrons. The van der Waals surface area contributed by atoms with Crippen molar-refractivity contribution in [1.82, 2.24) is 9.13 Å². The van der Waals surface area contributed by atoms with E-state index in [1.807, 2.05) is 65.1 Å². The van der Waals surface area contributed by atoms with Gasteiger partial charge in [-0.15, -0.1) is 45.3 Å². The number of rotatable bonds is 2. The highest BCUT2D eigenvalue weighted by molar-refractivity contribution is 7.47. The second kappa shape index (κ2) is 8.46. The molecule has 6 heterocycles. The highest BCUT2D eigenvalue weighted by atomic mass is 32.1. The van der Waals surface area contributed by atoms with Gasteiger partial charge in [-0.1, -0.05) is 0 Å². The fraction of sp³-hybridized carbons (Fsp3) is 0. The lowest BCUT2D eigenvalue weighted by Crippen LogP contribution is -1.92. The van der Waals surface area contributed by atoms with Crippen LogP contribution in [0.2, 0.25) is 0 Å². The van der Waals surface area contributed by atoms with Crippen LogP contribution in [0.15, 0.2) is 84.9 Å². The molecule has 0 saturated carbocycles. The number of thiophene rings is 4. The van der Waals surface area contributed by atoms with Gasteiger partial charge in [0, 0.05) is 32.9 Å². The van der Waals surface area contributed by atoms with Crippen LogP contribution >= 0.6 is 45.3 Å². The van der Waals surface area contributed by atoms with E-state index in [0.29, 0.717) is 0 Å². The lowest BCUT2D eigenvalue weighted by molar-refractivity contribution is 0.474. The molecule has 4 aromatic carbocycles. The first kappa shape index (κ1) is 24.7. The number of hydrogen-bond donors (Lipinski definition) is 4. The predicted molar refractivity (Wildman–Crippen MR) is 186 cm³/mol. The molecule has 0 unspecified atom stereocenters. The third-order valence-electron chi connectivity index (χ3n) is 8.30. The number of aromatic hydroxyl groups is 4. The number of aromatic nitrogens is 2. The van der Waals surface area contributed by atoms with E-state index in [1.165, 1.54) is 33.6 Å². The van der Waals surface area contributed by atoms with Gasteiger partial charge < -0.3 is 29.6 Å². The lowest BCUT2D eigenvalue weighted by atomic mass is 10.2. The molecular weight excluding hydrogens is 629 g/mol. The molecule has 4 N–H and O–H groups in total. The summed E-state index contributed by atoms with van der Waals surface area (Å²) in [5.41, 5.74) is 5.83. The van der Waals surface area contributed by atoms with Gasteiger partial charge in [0.1, 0.15) is 23.0 Å². The van der Waals surface area contributed by atoms with Crippen LogP contribution in [0.1, 0.15) is 0 Å². The molecule has 0 spiro atoms. The van der Waals surface area contributed by atoms with Crippen LogP contribution in [-0.2, 0) is 0 Å². The third-order valence-corrected chi connectivity index (χ3v) is 13.8. The van der Waals surface area contributed by atoms with E-state index in [0.717, 1.165) is 48.2 Å². The smallest absolute Gasteiger partial charge is 0.117 e. The summed E-state index contributed by atoms with van der Waals surface area (Å²) in [6.45, 7) is 0. The quantitative estimate of drug-likeness (QED) is 0.150. The van der Waals surface area contributed by atoms with Crippen LogP contribution in [0.3, 0.4) is 0 Å². The number of phenols is 4. The highest BCUT2D eigenvalue weighted by Gasteiger charge is 2.28. The molecule has 0 aliphatic rings. The van der Waals surface area contributed by atoms with E-state index in [9.17, 15) is 20.4 Å². The zero-order valence-corrected chi connectivity index (χ0v) is 25.7. The average molecular weight is 647 g/mol. The second-order valence-electron chi connectivity index (χ2n) is 10.8. The molecule has 0 radical (unpaired) electrons. The van der Waals surface area contributed by atoms with Gasteiger partial charge in [0.05, 0.1) is 55.0 Å². The van der Waals surface area contributed by atoms with Crippen LogP contribution in [0.25, 0.3) is 81.8 Å². The Hall–Kier alpha value is -4.74. The summed E-state index contributed by atoms with van der Waals surface area (Å²) >= 11 is 7.15. The number of fused-ring (bicyclic) bond motifs is 13. The molecule has 0 aliphatic heterocycles. The maximum absolute atomic E-state index is 10.6. The Labute approximate surface area is 263 Å². The summed E-state index contributed by atoms with van der Waals surface area (Å²) in [7, 11) is 0. The minimum atomic E-state index is 0.179. The fourth-order valence-electron chi connectivity index (χ4n) is 6.46. The van der Waals surface area contributed by atoms with Crippen LogP contribution in [0.4, 0.5) is 0 Å². The maximum Gasteiger partial charge on any atom is 0.117 e. The summed E-state index contributed by atoms with van der Waals surface area (Å²) in [5, 5.41) is 43.1. The Morgan fingerprint density at radius 2 is 0.909 bits per heavy atom. The van der Waals surface area contributed by atoms with Crippen molar-refractivity contribution in [2.45, 2.75) is 0 Å². The third kappa shape index (κ3) is 3.12. The predicted octanol–water partition coefficient (Wildman–Crippen LogP) is 10.4. The molecule has 0 saturated heterocycles. The van der Waals surface area contributed by atoms with Crippen LogP contribution in [0.5, 0.6) is 23.0 Å². The van der Waals surface area contributed by atoms with E-state index in [4.69, 9.17) is 0 Å². The first-order chi connectivity index (χ1) is 21.4. The van der Waals surface area contributed by atoms with E-state index in [1.54, 1.807) is 65.1 Å². The van der Waals surface area contributed by atoms with Crippen LogP contribution in [-0.4, -0.2) is 29.6 Å². The van der Waals surface area contributed by atoms with Gasteiger partial charge in [-0.3, -0.25) is 0 Å². The summed E-state index contributed by atoms with van der Waals surface area (Å²) < 4.78 is 14.2. The molecule has 10 aromatic rings. The monoisotopic (exact) mass is 646 g/mol. The largest absolute Gasteiger partial charge is 0.508 e. The van der Waals surface area contributed by atoms with Crippen molar-refractivity contribution in [3.63, 3.8) is 0 Å². The van der Waals surface area contributed by atoms with Gasteiger partial charge in [0.2, 0.25) is 0 Å². The van der Waals surface area contributed by atoms with Crippen molar-refractivity contribution in [1.29, 1.82) is 0 Å². The van der Waals surface area contributed by atoms with Gasteiger partial charge in [0.15, 0.2) is 0 Å². The molecule has 10 heteroatoms. The average Bonchev–Trinajstić information content (AvgIpc) is 3.82. The summed E-state index contributed by atoms with van der Waals surface area (Å²) in [6, 6.07) is 25.6. The van der Waals surface area contributed by atoms with Gasteiger partial charge >= 0.3 is 0 Å². The topological polar surface area (TPSA) is 90.8 Å². The zero-order valence-electron chi connectivity index (χ0n) is 22.4. The first-order valence-corrected chi connectivity index (χ1v) is 17.0. The van der Waals surface area contributed by atoms with Crippen molar-refractivity contribution in [2.24, 2.45) is 0 Å². The molecule has 0 bridgehead atoms. The Morgan fingerprint density at radius 1 is 0.386 bits per heavy atom. The Balaban J connectivity index is 1.41.